The van der Waals surface area contributed by atoms with Crippen LogP contribution in [0.2, 0.25) is 0 Å². The molecular weight excluding hydrogens is 202 g/mol. The van der Waals surface area contributed by atoms with Crippen LogP contribution in [0.5, 0.6) is 0 Å². The number of amides is 2. The summed E-state index contributed by atoms with van der Waals surface area (Å²) in [7, 11) is 0. The van der Waals surface area contributed by atoms with E-state index in [2.05, 4.69) is 13.8 Å². The van der Waals surface area contributed by atoms with E-state index in [0.717, 1.165) is 38.9 Å². The number of likely N-dealkylation sites (tertiary alicyclic amines) is 1. The van der Waals surface area contributed by atoms with Crippen LogP contribution in [-0.2, 0) is 0 Å². The van der Waals surface area contributed by atoms with Crippen LogP contribution < -0.4 is 5.73 Å². The Kier molecular flexibility index (Phi) is 4.59. The predicted molar refractivity (Wildman–Crippen MR) is 66.3 cm³/mol. The first-order valence-electron chi connectivity index (χ1n) is 6.35. The Labute approximate surface area is 98.8 Å². The van der Waals surface area contributed by atoms with Gasteiger partial charge in [-0.05, 0) is 33.1 Å². The normalized spacial score (nSPS) is 19.6. The fourth-order valence-corrected chi connectivity index (χ4v) is 2.27. The van der Waals surface area contributed by atoms with Crippen molar-refractivity contribution in [2.24, 2.45) is 5.73 Å². The Morgan fingerprint density at radius 3 is 2.31 bits per heavy atom. The molecule has 4 nitrogen and oxygen atoms in total. The lowest BCUT2D eigenvalue weighted by Crippen LogP contribution is -2.57. The molecule has 1 aliphatic rings. The van der Waals surface area contributed by atoms with Crippen molar-refractivity contribution in [3.63, 3.8) is 0 Å². The Morgan fingerprint density at radius 1 is 1.38 bits per heavy atom. The van der Waals surface area contributed by atoms with Crippen LogP contribution in [0.15, 0.2) is 0 Å². The molecule has 0 aromatic rings. The summed E-state index contributed by atoms with van der Waals surface area (Å²) in [6.45, 7) is 9.25. The Bertz CT molecular complexity index is 232. The predicted octanol–water partition coefficient (Wildman–Crippen LogP) is 1.65. The molecule has 0 saturated carbocycles. The van der Waals surface area contributed by atoms with Gasteiger partial charge in [-0.2, -0.15) is 0 Å². The summed E-state index contributed by atoms with van der Waals surface area (Å²) < 4.78 is 0. The van der Waals surface area contributed by atoms with Crippen molar-refractivity contribution in [2.75, 3.05) is 26.2 Å². The lowest BCUT2D eigenvalue weighted by Gasteiger charge is -2.41. The number of urea groups is 1. The molecule has 1 rings (SSSR count). The van der Waals surface area contributed by atoms with Crippen LogP contribution >= 0.6 is 0 Å². The molecule has 94 valence electrons. The van der Waals surface area contributed by atoms with Gasteiger partial charge in [-0.1, -0.05) is 6.92 Å². The van der Waals surface area contributed by atoms with E-state index >= 15 is 0 Å². The SMILES string of the molecule is CCN(C(=O)N1CCCC1)C(C)(CC)CN. The van der Waals surface area contributed by atoms with E-state index < -0.39 is 0 Å². The standard InChI is InChI=1S/C12H25N3O/c1-4-12(3,10-13)15(5-2)11(16)14-8-6-7-9-14/h4-10,13H2,1-3H3. The highest BCUT2D eigenvalue weighted by Gasteiger charge is 2.34. The summed E-state index contributed by atoms with van der Waals surface area (Å²) in [6.07, 6.45) is 3.17. The van der Waals surface area contributed by atoms with Gasteiger partial charge in [0.1, 0.15) is 0 Å². The summed E-state index contributed by atoms with van der Waals surface area (Å²) in [5.41, 5.74) is 5.62. The van der Waals surface area contributed by atoms with Gasteiger partial charge < -0.3 is 15.5 Å². The smallest absolute Gasteiger partial charge is 0.320 e. The van der Waals surface area contributed by atoms with E-state index in [0.29, 0.717) is 6.54 Å². The highest BCUT2D eigenvalue weighted by atomic mass is 16.2. The Balaban J connectivity index is 2.75. The van der Waals surface area contributed by atoms with Crippen molar-refractivity contribution in [1.82, 2.24) is 9.80 Å². The van der Waals surface area contributed by atoms with Gasteiger partial charge in [0.25, 0.3) is 0 Å². The monoisotopic (exact) mass is 227 g/mol. The molecule has 16 heavy (non-hydrogen) atoms. The van der Waals surface area contributed by atoms with E-state index in [1.54, 1.807) is 0 Å². The van der Waals surface area contributed by atoms with Gasteiger partial charge in [0, 0.05) is 26.2 Å². The fraction of sp³-hybridized carbons (Fsp3) is 0.917. The van der Waals surface area contributed by atoms with Crippen molar-refractivity contribution in [2.45, 2.75) is 45.6 Å². The number of rotatable bonds is 4. The quantitative estimate of drug-likeness (QED) is 0.794. The van der Waals surface area contributed by atoms with E-state index in [4.69, 9.17) is 5.73 Å². The number of nitrogens with two attached hydrogens (primary N) is 1. The number of nitrogens with zero attached hydrogens (tertiary/aromatic N) is 2. The van der Waals surface area contributed by atoms with Gasteiger partial charge in [-0.25, -0.2) is 4.79 Å². The second-order valence-corrected chi connectivity index (χ2v) is 4.78. The van der Waals surface area contributed by atoms with E-state index in [-0.39, 0.29) is 11.6 Å². The molecule has 1 unspecified atom stereocenters. The third kappa shape index (κ3) is 2.48. The van der Waals surface area contributed by atoms with Gasteiger partial charge in [0.15, 0.2) is 0 Å². The van der Waals surface area contributed by atoms with Crippen LogP contribution in [0, 0.1) is 0 Å². The van der Waals surface area contributed by atoms with E-state index in [1.807, 2.05) is 16.7 Å². The molecule has 2 amide bonds. The number of carbonyl (C=O) groups excluding carboxylic acids is 1. The molecule has 1 heterocycles. The van der Waals surface area contributed by atoms with Crippen LogP contribution in [0.1, 0.15) is 40.0 Å². The molecule has 1 saturated heterocycles. The zero-order valence-electron chi connectivity index (χ0n) is 10.8. The first kappa shape index (κ1) is 13.3. The average molecular weight is 227 g/mol. The molecule has 4 heteroatoms. The highest BCUT2D eigenvalue weighted by Crippen LogP contribution is 2.21. The van der Waals surface area contributed by atoms with Gasteiger partial charge in [-0.15, -0.1) is 0 Å². The molecule has 0 aromatic carbocycles. The van der Waals surface area contributed by atoms with Crippen molar-refractivity contribution >= 4 is 6.03 Å². The van der Waals surface area contributed by atoms with Crippen molar-refractivity contribution in [3.8, 4) is 0 Å². The van der Waals surface area contributed by atoms with Gasteiger partial charge >= 0.3 is 6.03 Å². The zero-order valence-corrected chi connectivity index (χ0v) is 10.8. The molecular formula is C12H25N3O. The van der Waals surface area contributed by atoms with Crippen molar-refractivity contribution in [3.05, 3.63) is 0 Å². The Hall–Kier alpha value is -0.770. The number of likely N-dealkylation sites (N-methyl/N-ethyl adjacent to an activating group) is 1. The van der Waals surface area contributed by atoms with E-state index in [9.17, 15) is 4.79 Å². The summed E-state index contributed by atoms with van der Waals surface area (Å²) in [6, 6.07) is 0.162. The third-order valence-electron chi connectivity index (χ3n) is 3.78. The lowest BCUT2D eigenvalue weighted by atomic mass is 9.97. The summed E-state index contributed by atoms with van der Waals surface area (Å²) in [5.74, 6) is 0. The fourth-order valence-electron chi connectivity index (χ4n) is 2.27. The maximum atomic E-state index is 12.3. The maximum absolute atomic E-state index is 12.3. The molecule has 0 bridgehead atoms. The third-order valence-corrected chi connectivity index (χ3v) is 3.78. The number of hydrogen-bond donors (Lipinski definition) is 1. The minimum Gasteiger partial charge on any atom is -0.328 e. The minimum atomic E-state index is -0.200. The van der Waals surface area contributed by atoms with Crippen LogP contribution in [0.4, 0.5) is 4.79 Å². The average Bonchev–Trinajstić information content (AvgIpc) is 2.82. The second-order valence-electron chi connectivity index (χ2n) is 4.78. The highest BCUT2D eigenvalue weighted by molar-refractivity contribution is 5.75. The van der Waals surface area contributed by atoms with E-state index in [1.165, 1.54) is 0 Å². The van der Waals surface area contributed by atoms with Crippen LogP contribution in [0.3, 0.4) is 0 Å². The lowest BCUT2D eigenvalue weighted by molar-refractivity contribution is 0.103. The van der Waals surface area contributed by atoms with Crippen LogP contribution in [-0.4, -0.2) is 47.5 Å². The molecule has 0 aliphatic carbocycles. The summed E-state index contributed by atoms with van der Waals surface area (Å²) >= 11 is 0. The molecule has 0 aromatic heterocycles. The van der Waals surface area contributed by atoms with Crippen molar-refractivity contribution < 1.29 is 4.79 Å². The second kappa shape index (κ2) is 5.53. The molecule has 2 N–H and O–H groups in total. The first-order valence-corrected chi connectivity index (χ1v) is 6.35. The van der Waals surface area contributed by atoms with Crippen LogP contribution in [0.25, 0.3) is 0 Å². The molecule has 0 radical (unpaired) electrons. The molecule has 1 aliphatic heterocycles. The number of carbonyl (C=O) groups is 1. The summed E-state index contributed by atoms with van der Waals surface area (Å²) in [4.78, 5) is 16.2. The van der Waals surface area contributed by atoms with Gasteiger partial charge in [-0.3, -0.25) is 0 Å². The first-order chi connectivity index (χ1) is 7.59. The topological polar surface area (TPSA) is 49.6 Å². The molecule has 1 atom stereocenters. The number of hydrogen-bond acceptors (Lipinski definition) is 2. The van der Waals surface area contributed by atoms with Crippen molar-refractivity contribution in [1.29, 1.82) is 0 Å². The van der Waals surface area contributed by atoms with Gasteiger partial charge in [0.05, 0.1) is 5.54 Å². The Morgan fingerprint density at radius 2 is 1.94 bits per heavy atom. The zero-order chi connectivity index (χ0) is 12.2. The molecule has 0 spiro atoms. The van der Waals surface area contributed by atoms with Gasteiger partial charge in [0.2, 0.25) is 0 Å². The summed E-state index contributed by atoms with van der Waals surface area (Å²) in [5, 5.41) is 0. The minimum absolute atomic E-state index is 0.162. The molecule has 1 fully saturated rings. The maximum Gasteiger partial charge on any atom is 0.320 e. The largest absolute Gasteiger partial charge is 0.328 e.